The molecule has 2 rings (SSSR count). The van der Waals surface area contributed by atoms with Gasteiger partial charge >= 0.3 is 0 Å². The van der Waals surface area contributed by atoms with Crippen molar-refractivity contribution in [1.82, 2.24) is 15.6 Å². The Balaban J connectivity index is 0.00000312. The number of aryl methyl sites for hydroxylation is 1. The third-order valence-electron chi connectivity index (χ3n) is 3.80. The van der Waals surface area contributed by atoms with Crippen LogP contribution >= 0.6 is 35.3 Å². The van der Waals surface area contributed by atoms with Crippen molar-refractivity contribution >= 4 is 46.4 Å². The van der Waals surface area contributed by atoms with Crippen molar-refractivity contribution in [3.8, 4) is 0 Å². The van der Waals surface area contributed by atoms with E-state index < -0.39 is 0 Å². The highest BCUT2D eigenvalue weighted by Gasteiger charge is 2.08. The highest BCUT2D eigenvalue weighted by atomic mass is 127. The second-order valence-electron chi connectivity index (χ2n) is 6.13. The number of nitrogens with zero attached hydrogens (tertiary/aromatic N) is 3. The molecule has 0 aliphatic rings. The molecule has 1 aromatic heterocycles. The van der Waals surface area contributed by atoms with Crippen LogP contribution in [0, 0.1) is 6.92 Å². The van der Waals surface area contributed by atoms with Gasteiger partial charge in [-0.3, -0.25) is 4.99 Å². The van der Waals surface area contributed by atoms with Gasteiger partial charge in [-0.2, -0.15) is 0 Å². The Morgan fingerprint density at radius 3 is 2.48 bits per heavy atom. The van der Waals surface area contributed by atoms with E-state index in [9.17, 15) is 0 Å². The van der Waals surface area contributed by atoms with Crippen LogP contribution < -0.4 is 15.5 Å². The summed E-state index contributed by atoms with van der Waals surface area (Å²) >= 11 is 1.65. The van der Waals surface area contributed by atoms with Gasteiger partial charge in [-0.25, -0.2) is 4.98 Å². The van der Waals surface area contributed by atoms with Crippen molar-refractivity contribution in [3.05, 3.63) is 46.5 Å². The first-order valence-corrected chi connectivity index (χ1v) is 9.00. The number of thiazole rings is 1. The van der Waals surface area contributed by atoms with Crippen LogP contribution in [-0.2, 0) is 6.54 Å². The molecule has 138 valence electrons. The topological polar surface area (TPSA) is 52.6 Å². The van der Waals surface area contributed by atoms with Gasteiger partial charge in [0.05, 0.1) is 12.2 Å². The fourth-order valence-corrected chi connectivity index (χ4v) is 3.00. The zero-order valence-corrected chi connectivity index (χ0v) is 18.7. The highest BCUT2D eigenvalue weighted by Crippen LogP contribution is 2.17. The number of anilines is 1. The summed E-state index contributed by atoms with van der Waals surface area (Å²) in [5, 5.41) is 9.80. The van der Waals surface area contributed by atoms with Crippen LogP contribution in [0.4, 0.5) is 5.13 Å². The Morgan fingerprint density at radius 1 is 1.24 bits per heavy atom. The summed E-state index contributed by atoms with van der Waals surface area (Å²) in [7, 11) is 5.80. The number of aliphatic imine (C=N–C) groups is 1. The van der Waals surface area contributed by atoms with Gasteiger partial charge in [-0.1, -0.05) is 36.8 Å². The van der Waals surface area contributed by atoms with Crippen LogP contribution in [0.5, 0.6) is 0 Å². The lowest BCUT2D eigenvalue weighted by Crippen LogP contribution is -2.38. The summed E-state index contributed by atoms with van der Waals surface area (Å²) in [6, 6.07) is 8.69. The second kappa shape index (κ2) is 10.6. The number of nitrogens with one attached hydrogen (secondary N) is 2. The number of rotatable bonds is 6. The molecule has 1 atom stereocenters. The predicted molar refractivity (Wildman–Crippen MR) is 120 cm³/mol. The average molecular weight is 473 g/mol. The molecule has 0 radical (unpaired) electrons. The van der Waals surface area contributed by atoms with Crippen molar-refractivity contribution < 1.29 is 0 Å². The summed E-state index contributed by atoms with van der Waals surface area (Å²) in [6.45, 7) is 5.83. The van der Waals surface area contributed by atoms with Gasteiger partial charge in [0, 0.05) is 33.1 Å². The van der Waals surface area contributed by atoms with E-state index in [4.69, 9.17) is 0 Å². The number of guanidine groups is 1. The zero-order valence-electron chi connectivity index (χ0n) is 15.5. The molecule has 5 nitrogen and oxygen atoms in total. The predicted octanol–water partition coefficient (Wildman–Crippen LogP) is 3.60. The molecule has 0 spiro atoms. The van der Waals surface area contributed by atoms with E-state index in [2.05, 4.69) is 64.1 Å². The van der Waals surface area contributed by atoms with Crippen molar-refractivity contribution in [2.75, 3.05) is 32.6 Å². The Labute approximate surface area is 172 Å². The fourth-order valence-electron chi connectivity index (χ4n) is 2.24. The molecule has 0 aliphatic carbocycles. The van der Waals surface area contributed by atoms with Crippen LogP contribution in [0.15, 0.2) is 34.6 Å². The number of aromatic nitrogens is 1. The van der Waals surface area contributed by atoms with Gasteiger partial charge in [0.2, 0.25) is 0 Å². The van der Waals surface area contributed by atoms with Crippen LogP contribution in [0.3, 0.4) is 0 Å². The summed E-state index contributed by atoms with van der Waals surface area (Å²) in [5.74, 6) is 1.22. The van der Waals surface area contributed by atoms with E-state index in [0.29, 0.717) is 12.5 Å². The van der Waals surface area contributed by atoms with Gasteiger partial charge in [-0.15, -0.1) is 35.3 Å². The Bertz CT molecular complexity index is 666. The SMILES string of the molecule is CN=C(NCc1csc(N(C)C)n1)NCC(C)c1ccc(C)cc1.I. The Morgan fingerprint density at radius 2 is 1.92 bits per heavy atom. The van der Waals surface area contributed by atoms with Crippen LogP contribution in [0.25, 0.3) is 0 Å². The number of hydrogen-bond donors (Lipinski definition) is 2. The minimum Gasteiger partial charge on any atom is -0.356 e. The lowest BCUT2D eigenvalue weighted by molar-refractivity contribution is 0.697. The molecule has 1 unspecified atom stereocenters. The van der Waals surface area contributed by atoms with E-state index >= 15 is 0 Å². The second-order valence-corrected chi connectivity index (χ2v) is 6.97. The first-order valence-electron chi connectivity index (χ1n) is 8.12. The van der Waals surface area contributed by atoms with E-state index in [1.807, 2.05) is 19.0 Å². The van der Waals surface area contributed by atoms with E-state index in [0.717, 1.165) is 23.3 Å². The van der Waals surface area contributed by atoms with Gasteiger partial charge < -0.3 is 15.5 Å². The molecule has 2 aromatic rings. The molecule has 0 amide bonds. The third-order valence-corrected chi connectivity index (χ3v) is 4.86. The third kappa shape index (κ3) is 6.81. The summed E-state index contributed by atoms with van der Waals surface area (Å²) in [6.07, 6.45) is 0. The maximum Gasteiger partial charge on any atom is 0.191 e. The first-order chi connectivity index (χ1) is 11.5. The smallest absolute Gasteiger partial charge is 0.191 e. The summed E-state index contributed by atoms with van der Waals surface area (Å²) < 4.78 is 0. The molecule has 0 bridgehead atoms. The quantitative estimate of drug-likeness (QED) is 0.383. The number of hydrogen-bond acceptors (Lipinski definition) is 4. The largest absolute Gasteiger partial charge is 0.356 e. The van der Waals surface area contributed by atoms with E-state index in [1.165, 1.54) is 11.1 Å². The van der Waals surface area contributed by atoms with E-state index in [-0.39, 0.29) is 24.0 Å². The van der Waals surface area contributed by atoms with Crippen LogP contribution in [-0.4, -0.2) is 38.6 Å². The Kier molecular flexibility index (Phi) is 9.20. The van der Waals surface area contributed by atoms with Gasteiger partial charge in [0.15, 0.2) is 11.1 Å². The molecule has 0 saturated heterocycles. The first kappa shape index (κ1) is 21.7. The monoisotopic (exact) mass is 473 g/mol. The standard InChI is InChI=1S/C18H27N5S.HI/c1-13-6-8-15(9-7-13)14(2)10-20-17(19-3)21-11-16-12-24-18(22-16)23(4)5;/h6-9,12,14H,10-11H2,1-5H3,(H2,19,20,21);1H. The lowest BCUT2D eigenvalue weighted by Gasteiger charge is -2.16. The Hall–Kier alpha value is -1.35. The molecule has 0 fully saturated rings. The minimum absolute atomic E-state index is 0. The maximum absolute atomic E-state index is 4.57. The highest BCUT2D eigenvalue weighted by molar-refractivity contribution is 14.0. The lowest BCUT2D eigenvalue weighted by atomic mass is 10.0. The molecule has 25 heavy (non-hydrogen) atoms. The molecule has 0 saturated carbocycles. The van der Waals surface area contributed by atoms with Gasteiger partial charge in [0.25, 0.3) is 0 Å². The molecule has 2 N–H and O–H groups in total. The van der Waals surface area contributed by atoms with Crippen molar-refractivity contribution in [3.63, 3.8) is 0 Å². The summed E-state index contributed by atoms with van der Waals surface area (Å²) in [5.41, 5.74) is 3.65. The van der Waals surface area contributed by atoms with Crippen molar-refractivity contribution in [1.29, 1.82) is 0 Å². The number of benzene rings is 1. The van der Waals surface area contributed by atoms with Crippen LogP contribution in [0.2, 0.25) is 0 Å². The van der Waals surface area contributed by atoms with Gasteiger partial charge in [-0.05, 0) is 18.4 Å². The fraction of sp³-hybridized carbons (Fsp3) is 0.444. The molecular weight excluding hydrogens is 445 g/mol. The van der Waals surface area contributed by atoms with Crippen molar-refractivity contribution in [2.24, 2.45) is 4.99 Å². The average Bonchev–Trinajstić information content (AvgIpc) is 3.04. The van der Waals surface area contributed by atoms with E-state index in [1.54, 1.807) is 18.4 Å². The molecule has 1 aromatic carbocycles. The molecular formula is C18H28IN5S. The molecule has 7 heteroatoms. The van der Waals surface area contributed by atoms with Gasteiger partial charge in [0.1, 0.15) is 0 Å². The minimum atomic E-state index is 0. The zero-order chi connectivity index (χ0) is 17.5. The molecule has 0 aliphatic heterocycles. The number of halogens is 1. The normalized spacial score (nSPS) is 12.3. The maximum atomic E-state index is 4.57. The van der Waals surface area contributed by atoms with Crippen molar-refractivity contribution in [2.45, 2.75) is 26.3 Å². The van der Waals surface area contributed by atoms with Crippen LogP contribution in [0.1, 0.15) is 29.7 Å². The summed E-state index contributed by atoms with van der Waals surface area (Å²) in [4.78, 5) is 10.9. The molecule has 1 heterocycles.